The van der Waals surface area contributed by atoms with Crippen LogP contribution in [0.2, 0.25) is 0 Å². The van der Waals surface area contributed by atoms with Crippen molar-refractivity contribution in [2.45, 2.75) is 226 Å². The number of aliphatic hydroxyl groups is 4. The predicted octanol–water partition coefficient (Wildman–Crippen LogP) is 6.79. The fourth-order valence-corrected chi connectivity index (χ4v) is 10.7. The fraction of sp³-hybridized carbons (Fsp3) is 0.909. The SMILES string of the molecule is CC(C)OC(=O)CCCCC(O)CN(CCCSSCCN1CCN(CCOC(=O)CCCN(CC(O)CCCCC(=O)OC(C)C)CC(O)CCCCC(=O)OC(C)C)CC1)CC(O)CCCCC(=O)OC(C)C. The van der Waals surface area contributed by atoms with Gasteiger partial charge in [0.1, 0.15) is 6.61 Å². The lowest BCUT2D eigenvalue weighted by atomic mass is 10.1. The molecule has 0 saturated carbocycles. The summed E-state index contributed by atoms with van der Waals surface area (Å²) < 4.78 is 26.5. The molecule has 0 aromatic rings. The molecule has 1 saturated heterocycles. The van der Waals surface area contributed by atoms with Gasteiger partial charge in [-0.25, -0.2) is 0 Å². The molecule has 1 fully saturated rings. The van der Waals surface area contributed by atoms with E-state index in [0.29, 0.717) is 155 Å². The summed E-state index contributed by atoms with van der Waals surface area (Å²) in [6.07, 6.45) is 7.36. The average molecular weight is 1110 g/mol. The highest BCUT2D eigenvalue weighted by Gasteiger charge is 2.21. The van der Waals surface area contributed by atoms with E-state index in [1.165, 1.54) is 0 Å². The number of hydrogen-bond acceptors (Lipinski definition) is 20. The minimum Gasteiger partial charge on any atom is -0.464 e. The van der Waals surface area contributed by atoms with Crippen molar-refractivity contribution >= 4 is 51.4 Å². The second kappa shape index (κ2) is 44.6. The van der Waals surface area contributed by atoms with E-state index >= 15 is 0 Å². The molecule has 440 valence electrons. The first-order valence-electron chi connectivity index (χ1n) is 28.5. The second-order valence-electron chi connectivity index (χ2n) is 21.3. The first-order chi connectivity index (χ1) is 35.7. The molecule has 0 aliphatic carbocycles. The molecule has 1 heterocycles. The molecule has 1 aliphatic heterocycles. The quantitative estimate of drug-likeness (QED) is 0.0213. The summed E-state index contributed by atoms with van der Waals surface area (Å²) in [5.41, 5.74) is 0. The Morgan fingerprint density at radius 2 is 0.720 bits per heavy atom. The largest absolute Gasteiger partial charge is 0.464 e. The zero-order valence-corrected chi connectivity index (χ0v) is 49.3. The summed E-state index contributed by atoms with van der Waals surface area (Å²) >= 11 is 0. The van der Waals surface area contributed by atoms with Crippen LogP contribution in [-0.2, 0) is 47.7 Å². The molecular weight excluding hydrogens is 1000 g/mol. The van der Waals surface area contributed by atoms with Crippen LogP contribution in [0.4, 0.5) is 0 Å². The van der Waals surface area contributed by atoms with Gasteiger partial charge in [-0.05, 0) is 133 Å². The lowest BCUT2D eigenvalue weighted by Gasteiger charge is -2.34. The van der Waals surface area contributed by atoms with E-state index < -0.39 is 24.4 Å². The minimum atomic E-state index is -0.654. The highest BCUT2D eigenvalue weighted by atomic mass is 33.1. The molecule has 0 amide bonds. The average Bonchev–Trinajstić information content (AvgIpc) is 3.31. The van der Waals surface area contributed by atoms with Gasteiger partial charge in [0.05, 0.1) is 48.8 Å². The zero-order valence-electron chi connectivity index (χ0n) is 47.6. The maximum absolute atomic E-state index is 12.8. The molecule has 75 heavy (non-hydrogen) atoms. The molecule has 0 spiro atoms. The Morgan fingerprint density at radius 1 is 0.413 bits per heavy atom. The van der Waals surface area contributed by atoms with Gasteiger partial charge < -0.3 is 44.1 Å². The summed E-state index contributed by atoms with van der Waals surface area (Å²) in [4.78, 5) is 69.3. The van der Waals surface area contributed by atoms with Crippen LogP contribution in [0.25, 0.3) is 0 Å². The third-order valence-electron chi connectivity index (χ3n) is 12.3. The van der Waals surface area contributed by atoms with E-state index in [1.807, 2.05) is 81.9 Å². The van der Waals surface area contributed by atoms with E-state index in [-0.39, 0.29) is 60.7 Å². The summed E-state index contributed by atoms with van der Waals surface area (Å²) in [5, 5.41) is 43.5. The summed E-state index contributed by atoms with van der Waals surface area (Å²) in [6.45, 7) is 23.1. The molecule has 0 aromatic heterocycles. The van der Waals surface area contributed by atoms with Gasteiger partial charge >= 0.3 is 29.8 Å². The van der Waals surface area contributed by atoms with Crippen LogP contribution in [0.15, 0.2) is 0 Å². The number of hydrogen-bond donors (Lipinski definition) is 4. The standard InChI is InChI=1S/C55H104N4O14S2/c1-43(2)70-52(65)23-13-9-19-47(60)39-58(40-48(61)20-10-14-24-53(66)71-44(3)4)28-17-27-51(64)69-36-34-56-30-32-57(33-31-56)35-38-75-74-37-18-29-59(41-49(62)21-11-15-25-54(67)72-45(5)6)42-50(63)22-12-16-26-55(68)73-46(7)8/h43-50,60-63H,9-42H2,1-8H3. The number of carbonyl (C=O) groups is 5. The van der Waals surface area contributed by atoms with E-state index in [2.05, 4.69) is 14.7 Å². The monoisotopic (exact) mass is 1110 g/mol. The van der Waals surface area contributed by atoms with Crippen molar-refractivity contribution in [3.05, 3.63) is 0 Å². The maximum atomic E-state index is 12.8. The number of carbonyl (C=O) groups excluding carboxylic acids is 5. The first kappa shape index (κ1) is 70.7. The van der Waals surface area contributed by atoms with Gasteiger partial charge in [-0.1, -0.05) is 47.3 Å². The summed E-state index contributed by atoms with van der Waals surface area (Å²) in [5.74, 6) is 0.765. The molecule has 0 radical (unpaired) electrons. The number of piperazine rings is 1. The third-order valence-corrected chi connectivity index (χ3v) is 14.8. The molecule has 18 nitrogen and oxygen atoms in total. The second-order valence-corrected chi connectivity index (χ2v) is 24.0. The summed E-state index contributed by atoms with van der Waals surface area (Å²) in [6, 6.07) is 0. The van der Waals surface area contributed by atoms with Crippen molar-refractivity contribution in [3.63, 3.8) is 0 Å². The highest BCUT2D eigenvalue weighted by Crippen LogP contribution is 2.23. The van der Waals surface area contributed by atoms with Crippen molar-refractivity contribution in [1.82, 2.24) is 19.6 Å². The summed E-state index contributed by atoms with van der Waals surface area (Å²) in [7, 11) is 3.71. The topological polar surface area (TPSA) is 225 Å². The van der Waals surface area contributed by atoms with Crippen LogP contribution in [0.3, 0.4) is 0 Å². The van der Waals surface area contributed by atoms with Gasteiger partial charge in [-0.2, -0.15) is 0 Å². The maximum Gasteiger partial charge on any atom is 0.306 e. The Labute approximate surface area is 460 Å². The van der Waals surface area contributed by atoms with Crippen molar-refractivity contribution in [3.8, 4) is 0 Å². The predicted molar refractivity (Wildman–Crippen MR) is 298 cm³/mol. The van der Waals surface area contributed by atoms with Crippen molar-refractivity contribution < 1.29 is 68.1 Å². The molecule has 20 heteroatoms. The van der Waals surface area contributed by atoms with Gasteiger partial charge in [0.25, 0.3) is 0 Å². The molecule has 4 N–H and O–H groups in total. The normalized spacial score (nSPS) is 15.2. The van der Waals surface area contributed by atoms with Gasteiger partial charge in [-0.15, -0.1) is 0 Å². The lowest BCUT2D eigenvalue weighted by Crippen LogP contribution is -2.47. The molecule has 4 atom stereocenters. The molecule has 1 rings (SSSR count). The van der Waals surface area contributed by atoms with E-state index in [9.17, 15) is 44.4 Å². The van der Waals surface area contributed by atoms with Crippen LogP contribution in [0.1, 0.15) is 177 Å². The van der Waals surface area contributed by atoms with Gasteiger partial charge in [-0.3, -0.25) is 43.6 Å². The Morgan fingerprint density at radius 3 is 1.07 bits per heavy atom. The van der Waals surface area contributed by atoms with Crippen LogP contribution < -0.4 is 0 Å². The van der Waals surface area contributed by atoms with E-state index in [4.69, 9.17) is 23.7 Å². The number of unbranched alkanes of at least 4 members (excludes halogenated alkanes) is 4. The smallest absolute Gasteiger partial charge is 0.306 e. The molecule has 1 aliphatic rings. The van der Waals surface area contributed by atoms with E-state index in [0.717, 1.165) is 57.2 Å². The Hall–Kier alpha value is -2.27. The van der Waals surface area contributed by atoms with Crippen LogP contribution in [0.5, 0.6) is 0 Å². The Balaban J connectivity index is 2.43. The van der Waals surface area contributed by atoms with Gasteiger partial charge in [0, 0.05) is 109 Å². The van der Waals surface area contributed by atoms with Gasteiger partial charge in [0.15, 0.2) is 0 Å². The molecule has 0 bridgehead atoms. The van der Waals surface area contributed by atoms with Crippen LogP contribution >= 0.6 is 21.6 Å². The number of aliphatic hydroxyl groups excluding tert-OH is 4. The highest BCUT2D eigenvalue weighted by molar-refractivity contribution is 8.76. The first-order valence-corrected chi connectivity index (χ1v) is 31.0. The van der Waals surface area contributed by atoms with Gasteiger partial charge in [0.2, 0.25) is 0 Å². The van der Waals surface area contributed by atoms with Crippen molar-refractivity contribution in [1.29, 1.82) is 0 Å². The molecular formula is C55H104N4O14S2. The fourth-order valence-electron chi connectivity index (χ4n) is 8.63. The molecule has 0 aromatic carbocycles. The Kier molecular flexibility index (Phi) is 42.0. The van der Waals surface area contributed by atoms with Crippen LogP contribution in [0, 0.1) is 0 Å². The molecule has 4 unspecified atom stereocenters. The number of nitrogens with zero attached hydrogens (tertiary/aromatic N) is 4. The third kappa shape index (κ3) is 43.3. The van der Waals surface area contributed by atoms with Crippen molar-refractivity contribution in [2.24, 2.45) is 0 Å². The number of rotatable bonds is 47. The lowest BCUT2D eigenvalue weighted by molar-refractivity contribution is -0.148. The van der Waals surface area contributed by atoms with Crippen LogP contribution in [-0.4, -0.2) is 215 Å². The minimum absolute atomic E-state index is 0.139. The van der Waals surface area contributed by atoms with E-state index in [1.54, 1.807) is 0 Å². The van der Waals surface area contributed by atoms with Crippen molar-refractivity contribution in [2.75, 3.05) is 96.6 Å². The Bertz CT molecular complexity index is 1420. The zero-order chi connectivity index (χ0) is 55.8. The number of esters is 5. The number of ether oxygens (including phenoxy) is 5.